The van der Waals surface area contributed by atoms with Gasteiger partial charge in [-0.15, -0.1) is 24.0 Å². The van der Waals surface area contributed by atoms with Gasteiger partial charge >= 0.3 is 12.1 Å². The van der Waals surface area contributed by atoms with E-state index in [1.54, 1.807) is 11.8 Å². The normalized spacial score (nSPS) is 18.1. The Labute approximate surface area is 176 Å². The highest BCUT2D eigenvalue weighted by Crippen LogP contribution is 2.11. The first-order valence-corrected chi connectivity index (χ1v) is 9.09. The van der Waals surface area contributed by atoms with Crippen LogP contribution in [0.25, 0.3) is 0 Å². The van der Waals surface area contributed by atoms with E-state index in [1.807, 2.05) is 6.92 Å². The first-order chi connectivity index (χ1) is 12.5. The van der Waals surface area contributed by atoms with E-state index >= 15 is 0 Å². The van der Waals surface area contributed by atoms with Gasteiger partial charge in [0.05, 0.1) is 26.2 Å². The summed E-state index contributed by atoms with van der Waals surface area (Å²) in [4.78, 5) is 42.1. The first kappa shape index (κ1) is 23.2. The maximum Gasteiger partial charge on any atom is 0.409 e. The maximum absolute atomic E-state index is 11.7. The maximum atomic E-state index is 11.7. The quantitative estimate of drug-likeness (QED) is 0.211. The number of hydrogen-bond donors (Lipinski definition) is 3. The molecule has 0 aliphatic carbocycles. The molecule has 10 nitrogen and oxygen atoms in total. The number of nitrogens with zero attached hydrogens (tertiary/aromatic N) is 3. The van der Waals surface area contributed by atoms with Crippen LogP contribution >= 0.6 is 24.0 Å². The fraction of sp³-hybridized carbons (Fsp3) is 0.750. The lowest BCUT2D eigenvalue weighted by Crippen LogP contribution is -2.50. The minimum Gasteiger partial charge on any atom is -0.450 e. The fourth-order valence-electron chi connectivity index (χ4n) is 2.88. The zero-order chi connectivity index (χ0) is 18.9. The number of carbonyl (C=O) groups excluding carboxylic acids is 3. The van der Waals surface area contributed by atoms with Gasteiger partial charge in [0.25, 0.3) is 0 Å². The summed E-state index contributed by atoms with van der Waals surface area (Å²) in [5.74, 6) is 0.420. The van der Waals surface area contributed by atoms with Crippen molar-refractivity contribution in [2.75, 3.05) is 45.9 Å². The van der Waals surface area contributed by atoms with E-state index < -0.39 is 0 Å². The molecule has 0 aromatic heterocycles. The summed E-state index contributed by atoms with van der Waals surface area (Å²) < 4.78 is 5.02. The van der Waals surface area contributed by atoms with Crippen molar-refractivity contribution in [3.05, 3.63) is 0 Å². The highest BCUT2D eigenvalue weighted by atomic mass is 127. The van der Waals surface area contributed by atoms with Crippen LogP contribution in [0.2, 0.25) is 0 Å². The van der Waals surface area contributed by atoms with Gasteiger partial charge in [-0.2, -0.15) is 0 Å². The number of urea groups is 1. The van der Waals surface area contributed by atoms with Crippen molar-refractivity contribution in [2.45, 2.75) is 32.7 Å². The number of ether oxygens (including phenoxy) is 1. The second kappa shape index (κ2) is 11.8. The molecule has 0 bridgehead atoms. The molecule has 0 aromatic rings. The molecular formula is C16H29IN6O4. The van der Waals surface area contributed by atoms with Crippen molar-refractivity contribution < 1.29 is 19.1 Å². The van der Waals surface area contributed by atoms with E-state index in [4.69, 9.17) is 4.74 Å². The Morgan fingerprint density at radius 3 is 2.56 bits per heavy atom. The lowest BCUT2D eigenvalue weighted by molar-refractivity contribution is -0.124. The second-order valence-corrected chi connectivity index (χ2v) is 6.07. The summed E-state index contributed by atoms with van der Waals surface area (Å²) in [6.07, 6.45) is 1.34. The summed E-state index contributed by atoms with van der Waals surface area (Å²) in [6, 6.07) is -0.162. The van der Waals surface area contributed by atoms with Gasteiger partial charge in [-0.25, -0.2) is 9.59 Å². The summed E-state index contributed by atoms with van der Waals surface area (Å²) in [6.45, 7) is 6.76. The number of piperidine rings is 1. The summed E-state index contributed by atoms with van der Waals surface area (Å²) in [5.41, 5.74) is 0. The molecule has 2 saturated heterocycles. The van der Waals surface area contributed by atoms with Crippen LogP contribution in [0, 0.1) is 0 Å². The number of halogens is 1. The topological polar surface area (TPSA) is 115 Å². The largest absolute Gasteiger partial charge is 0.450 e. The number of nitrogens with one attached hydrogen (secondary N) is 3. The monoisotopic (exact) mass is 496 g/mol. The third-order valence-electron chi connectivity index (χ3n) is 4.24. The molecule has 0 saturated carbocycles. The van der Waals surface area contributed by atoms with Crippen LogP contribution in [-0.2, 0) is 9.53 Å². The van der Waals surface area contributed by atoms with Crippen LogP contribution in [0.5, 0.6) is 0 Å². The van der Waals surface area contributed by atoms with Gasteiger partial charge in [0.2, 0.25) is 5.91 Å². The Morgan fingerprint density at radius 2 is 2.00 bits per heavy atom. The van der Waals surface area contributed by atoms with Crippen LogP contribution in [0.4, 0.5) is 9.59 Å². The molecule has 2 rings (SSSR count). The van der Waals surface area contributed by atoms with Crippen LogP contribution in [0.15, 0.2) is 4.99 Å². The third-order valence-corrected chi connectivity index (χ3v) is 4.24. The average Bonchev–Trinajstić information content (AvgIpc) is 2.94. The van der Waals surface area contributed by atoms with Gasteiger partial charge in [0.15, 0.2) is 5.96 Å². The highest BCUT2D eigenvalue weighted by molar-refractivity contribution is 14.0. The smallest absolute Gasteiger partial charge is 0.409 e. The lowest BCUT2D eigenvalue weighted by Gasteiger charge is -2.32. The first-order valence-electron chi connectivity index (χ1n) is 9.09. The average molecular weight is 496 g/mol. The van der Waals surface area contributed by atoms with Crippen LogP contribution in [0.3, 0.4) is 0 Å². The number of amides is 4. The van der Waals surface area contributed by atoms with E-state index in [9.17, 15) is 14.4 Å². The van der Waals surface area contributed by atoms with Crippen molar-refractivity contribution in [1.82, 2.24) is 25.8 Å². The van der Waals surface area contributed by atoms with Crippen molar-refractivity contribution in [2.24, 2.45) is 4.99 Å². The van der Waals surface area contributed by atoms with Crippen molar-refractivity contribution in [3.8, 4) is 0 Å². The molecule has 154 valence electrons. The van der Waals surface area contributed by atoms with Gasteiger partial charge < -0.3 is 25.6 Å². The predicted molar refractivity (Wildman–Crippen MR) is 111 cm³/mol. The SMILES string of the molecule is CCNC(=NCCN1C(=O)CNC1=O)NC1CCN(C(=O)OCC)CC1.I. The van der Waals surface area contributed by atoms with Gasteiger partial charge in [0.1, 0.15) is 0 Å². The standard InChI is InChI=1S/C16H28N6O4.HI/c1-3-17-14(18-7-10-22-13(23)11-19-15(22)24)20-12-5-8-21(9-6-12)16(25)26-4-2;/h12H,3-11H2,1-2H3,(H,19,24)(H2,17,18,20);1H. The van der Waals surface area contributed by atoms with E-state index in [1.165, 1.54) is 4.90 Å². The van der Waals surface area contributed by atoms with Crippen LogP contribution < -0.4 is 16.0 Å². The van der Waals surface area contributed by atoms with E-state index in [2.05, 4.69) is 20.9 Å². The Balaban J connectivity index is 0.00000364. The highest BCUT2D eigenvalue weighted by Gasteiger charge is 2.28. The molecule has 0 radical (unpaired) electrons. The van der Waals surface area contributed by atoms with Crippen LogP contribution in [-0.4, -0.2) is 85.7 Å². The molecule has 2 fully saturated rings. The van der Waals surface area contributed by atoms with Gasteiger partial charge in [-0.05, 0) is 26.7 Å². The zero-order valence-electron chi connectivity index (χ0n) is 15.8. The molecule has 2 aliphatic heterocycles. The van der Waals surface area contributed by atoms with Crippen molar-refractivity contribution in [3.63, 3.8) is 0 Å². The molecule has 0 unspecified atom stereocenters. The molecule has 3 N–H and O–H groups in total. The molecule has 0 aromatic carbocycles. The summed E-state index contributed by atoms with van der Waals surface area (Å²) >= 11 is 0. The van der Waals surface area contributed by atoms with E-state index in [0.717, 1.165) is 12.8 Å². The number of imide groups is 1. The van der Waals surface area contributed by atoms with Gasteiger partial charge in [0, 0.05) is 25.7 Å². The molecule has 0 spiro atoms. The van der Waals surface area contributed by atoms with E-state index in [-0.39, 0.29) is 61.1 Å². The Kier molecular flexibility index (Phi) is 10.2. The fourth-order valence-corrected chi connectivity index (χ4v) is 2.88. The Morgan fingerprint density at radius 1 is 1.30 bits per heavy atom. The number of rotatable bonds is 6. The summed E-state index contributed by atoms with van der Waals surface area (Å²) in [5, 5.41) is 9.00. The number of aliphatic imine (C=N–C) groups is 1. The van der Waals surface area contributed by atoms with Gasteiger partial charge in [-0.3, -0.25) is 14.7 Å². The third kappa shape index (κ3) is 7.03. The lowest BCUT2D eigenvalue weighted by atomic mass is 10.1. The van der Waals surface area contributed by atoms with E-state index in [0.29, 0.717) is 38.7 Å². The van der Waals surface area contributed by atoms with Gasteiger partial charge in [-0.1, -0.05) is 0 Å². The zero-order valence-corrected chi connectivity index (χ0v) is 18.2. The number of likely N-dealkylation sites (tertiary alicyclic amines) is 1. The minimum atomic E-state index is -0.366. The van der Waals surface area contributed by atoms with Crippen molar-refractivity contribution >= 4 is 48.0 Å². The molecule has 4 amide bonds. The molecule has 11 heteroatoms. The molecule has 0 atom stereocenters. The Hall–Kier alpha value is -1.79. The number of hydrogen-bond acceptors (Lipinski definition) is 5. The second-order valence-electron chi connectivity index (χ2n) is 6.07. The number of guanidine groups is 1. The molecular weight excluding hydrogens is 467 g/mol. The molecule has 2 heterocycles. The predicted octanol–water partition coefficient (Wildman–Crippen LogP) is 0.332. The summed E-state index contributed by atoms with van der Waals surface area (Å²) in [7, 11) is 0. The Bertz CT molecular complexity index is 535. The minimum absolute atomic E-state index is 0. The molecule has 27 heavy (non-hydrogen) atoms. The van der Waals surface area contributed by atoms with Crippen LogP contribution in [0.1, 0.15) is 26.7 Å². The molecule has 2 aliphatic rings. The van der Waals surface area contributed by atoms with Crippen molar-refractivity contribution in [1.29, 1.82) is 0 Å². The number of carbonyl (C=O) groups is 3.